The molecule has 8 nitrogen and oxygen atoms in total. The number of carbonyl (C=O) groups is 1. The lowest BCUT2D eigenvalue weighted by Crippen LogP contribution is -2.40. The molecule has 5 rings (SSSR count). The molecule has 0 radical (unpaired) electrons. The molecule has 1 aliphatic rings. The van der Waals surface area contributed by atoms with Crippen LogP contribution in [0.3, 0.4) is 0 Å². The zero-order valence-electron chi connectivity index (χ0n) is 18.1. The van der Waals surface area contributed by atoms with E-state index in [1.807, 2.05) is 47.4 Å². The normalized spacial score (nSPS) is 13.4. The number of hydrogen-bond acceptors (Lipinski definition) is 6. The third kappa shape index (κ3) is 4.40. The number of methoxy groups -OCH3 is 1. The number of imidazole rings is 1. The number of carbonyl (C=O) groups excluding carboxylic acids is 1. The standard InChI is InChI=1S/C25H21N5O3/c1-32-24-16-18(10-11-26-24)2-7-21-17-27-23-9-8-22(28-30(21)23)19-3-5-20(6-4-19)25(31)29-12-14-33-15-13-29/h3-6,8-11,16-17H,12-15H2,1H3. The van der Waals surface area contributed by atoms with Crippen molar-refractivity contribution in [3.05, 3.63) is 77.7 Å². The minimum absolute atomic E-state index is 0.0215. The van der Waals surface area contributed by atoms with Gasteiger partial charge in [0.05, 0.1) is 32.2 Å². The summed E-state index contributed by atoms with van der Waals surface area (Å²) in [5.74, 6) is 6.75. The molecule has 33 heavy (non-hydrogen) atoms. The molecule has 1 aromatic carbocycles. The fourth-order valence-corrected chi connectivity index (χ4v) is 3.58. The number of aromatic nitrogens is 4. The lowest BCUT2D eigenvalue weighted by atomic mass is 10.1. The molecule has 1 amide bonds. The summed E-state index contributed by atoms with van der Waals surface area (Å²) in [5, 5.41) is 4.72. The number of morpholine rings is 1. The quantitative estimate of drug-likeness (QED) is 0.457. The van der Waals surface area contributed by atoms with Crippen LogP contribution in [0.4, 0.5) is 0 Å². The Labute approximate surface area is 190 Å². The molecule has 1 saturated heterocycles. The highest BCUT2D eigenvalue weighted by Gasteiger charge is 2.18. The Morgan fingerprint density at radius 2 is 1.85 bits per heavy atom. The molecule has 0 unspecified atom stereocenters. The number of nitrogens with zero attached hydrogens (tertiary/aromatic N) is 5. The fraction of sp³-hybridized carbons (Fsp3) is 0.200. The molecule has 3 aromatic heterocycles. The van der Waals surface area contributed by atoms with Crippen molar-refractivity contribution in [2.24, 2.45) is 0 Å². The van der Waals surface area contributed by atoms with E-state index in [1.54, 1.807) is 30.1 Å². The van der Waals surface area contributed by atoms with Gasteiger partial charge in [0.15, 0.2) is 5.65 Å². The van der Waals surface area contributed by atoms with Crippen molar-refractivity contribution in [3.63, 3.8) is 0 Å². The molecule has 1 fully saturated rings. The van der Waals surface area contributed by atoms with Gasteiger partial charge in [-0.3, -0.25) is 4.79 Å². The van der Waals surface area contributed by atoms with Crippen molar-refractivity contribution in [3.8, 4) is 29.0 Å². The van der Waals surface area contributed by atoms with Crippen molar-refractivity contribution in [1.82, 2.24) is 24.5 Å². The van der Waals surface area contributed by atoms with Crippen molar-refractivity contribution >= 4 is 11.6 Å². The predicted octanol–water partition coefficient (Wildman–Crippen LogP) is 2.67. The highest BCUT2D eigenvalue weighted by Crippen LogP contribution is 2.20. The van der Waals surface area contributed by atoms with E-state index in [9.17, 15) is 4.79 Å². The van der Waals surface area contributed by atoms with Gasteiger partial charge in [-0.05, 0) is 36.3 Å². The van der Waals surface area contributed by atoms with E-state index in [0.29, 0.717) is 49.1 Å². The molecule has 4 heterocycles. The maximum atomic E-state index is 12.7. The van der Waals surface area contributed by atoms with E-state index in [-0.39, 0.29) is 5.91 Å². The van der Waals surface area contributed by atoms with Gasteiger partial charge in [0.1, 0.15) is 5.69 Å². The topological polar surface area (TPSA) is 81.8 Å². The van der Waals surface area contributed by atoms with Crippen LogP contribution in [0.1, 0.15) is 21.6 Å². The highest BCUT2D eigenvalue weighted by atomic mass is 16.5. The Morgan fingerprint density at radius 3 is 2.64 bits per heavy atom. The van der Waals surface area contributed by atoms with Gasteiger partial charge in [-0.1, -0.05) is 18.1 Å². The van der Waals surface area contributed by atoms with E-state index in [2.05, 4.69) is 21.8 Å². The molecule has 0 aliphatic carbocycles. The summed E-state index contributed by atoms with van der Waals surface area (Å²) >= 11 is 0. The van der Waals surface area contributed by atoms with Crippen LogP contribution in [0.15, 0.2) is 60.9 Å². The Bertz CT molecular complexity index is 1360. The first-order valence-electron chi connectivity index (χ1n) is 10.6. The van der Waals surface area contributed by atoms with Crippen LogP contribution in [0, 0.1) is 11.8 Å². The molecule has 0 bridgehead atoms. The molecule has 0 saturated carbocycles. The maximum Gasteiger partial charge on any atom is 0.254 e. The van der Waals surface area contributed by atoms with Crippen molar-refractivity contribution in [2.45, 2.75) is 0 Å². The lowest BCUT2D eigenvalue weighted by molar-refractivity contribution is 0.0303. The lowest BCUT2D eigenvalue weighted by Gasteiger charge is -2.26. The van der Waals surface area contributed by atoms with Crippen LogP contribution in [-0.2, 0) is 4.74 Å². The van der Waals surface area contributed by atoms with Gasteiger partial charge in [0, 0.05) is 42.0 Å². The number of hydrogen-bond donors (Lipinski definition) is 0. The average molecular weight is 439 g/mol. The van der Waals surface area contributed by atoms with Crippen LogP contribution >= 0.6 is 0 Å². The second kappa shape index (κ2) is 9.10. The number of fused-ring (bicyclic) bond motifs is 1. The third-order valence-electron chi connectivity index (χ3n) is 5.37. The van der Waals surface area contributed by atoms with E-state index in [0.717, 1.165) is 16.8 Å². The number of rotatable bonds is 3. The summed E-state index contributed by atoms with van der Waals surface area (Å²) in [4.78, 5) is 23.0. The minimum atomic E-state index is 0.0215. The van der Waals surface area contributed by atoms with Gasteiger partial charge in [0.25, 0.3) is 5.91 Å². The van der Waals surface area contributed by atoms with Crippen LogP contribution in [0.25, 0.3) is 16.9 Å². The first-order valence-corrected chi connectivity index (χ1v) is 10.6. The van der Waals surface area contributed by atoms with Gasteiger partial charge >= 0.3 is 0 Å². The minimum Gasteiger partial charge on any atom is -0.481 e. The molecule has 164 valence electrons. The summed E-state index contributed by atoms with van der Waals surface area (Å²) in [6, 6.07) is 14.9. The molecule has 0 atom stereocenters. The van der Waals surface area contributed by atoms with Crippen molar-refractivity contribution in [1.29, 1.82) is 0 Å². The first-order chi connectivity index (χ1) is 16.2. The van der Waals surface area contributed by atoms with Crippen molar-refractivity contribution in [2.75, 3.05) is 33.4 Å². The number of benzene rings is 1. The summed E-state index contributed by atoms with van der Waals surface area (Å²) < 4.78 is 12.2. The molecule has 0 N–H and O–H groups in total. The van der Waals surface area contributed by atoms with Gasteiger partial charge in [-0.25, -0.2) is 14.5 Å². The molecule has 8 heteroatoms. The Hall–Kier alpha value is -4.22. The van der Waals surface area contributed by atoms with E-state index >= 15 is 0 Å². The monoisotopic (exact) mass is 439 g/mol. The zero-order chi connectivity index (χ0) is 22.6. The molecule has 1 aliphatic heterocycles. The summed E-state index contributed by atoms with van der Waals surface area (Å²) in [5.41, 5.74) is 4.48. The SMILES string of the molecule is COc1cc(C#Cc2cnc3ccc(-c4ccc(C(=O)N5CCOCC5)cc4)nn23)ccn1. The van der Waals surface area contributed by atoms with E-state index < -0.39 is 0 Å². The largest absolute Gasteiger partial charge is 0.481 e. The highest BCUT2D eigenvalue weighted by molar-refractivity contribution is 5.94. The summed E-state index contributed by atoms with van der Waals surface area (Å²) in [7, 11) is 1.57. The number of ether oxygens (including phenoxy) is 2. The van der Waals surface area contributed by atoms with Crippen LogP contribution in [0.5, 0.6) is 5.88 Å². The first kappa shape index (κ1) is 20.7. The van der Waals surface area contributed by atoms with Crippen LogP contribution in [0.2, 0.25) is 0 Å². The van der Waals surface area contributed by atoms with Gasteiger partial charge in [-0.15, -0.1) is 0 Å². The zero-order valence-corrected chi connectivity index (χ0v) is 18.1. The molecular formula is C25H21N5O3. The summed E-state index contributed by atoms with van der Waals surface area (Å²) in [6.45, 7) is 2.40. The number of amides is 1. The Morgan fingerprint density at radius 1 is 1.03 bits per heavy atom. The van der Waals surface area contributed by atoms with E-state index in [1.165, 1.54) is 0 Å². The molecular weight excluding hydrogens is 418 g/mol. The van der Waals surface area contributed by atoms with Gasteiger partial charge in [0.2, 0.25) is 5.88 Å². The molecule has 4 aromatic rings. The Kier molecular flexibility index (Phi) is 5.70. The van der Waals surface area contributed by atoms with Crippen LogP contribution in [-0.4, -0.2) is 63.8 Å². The van der Waals surface area contributed by atoms with Crippen molar-refractivity contribution < 1.29 is 14.3 Å². The average Bonchev–Trinajstić information content (AvgIpc) is 3.30. The second-order valence-electron chi connectivity index (χ2n) is 7.45. The van der Waals surface area contributed by atoms with Gasteiger partial charge in [-0.2, -0.15) is 5.10 Å². The smallest absolute Gasteiger partial charge is 0.254 e. The van der Waals surface area contributed by atoms with Crippen LogP contribution < -0.4 is 4.74 Å². The maximum absolute atomic E-state index is 12.7. The van der Waals surface area contributed by atoms with E-state index in [4.69, 9.17) is 14.6 Å². The third-order valence-corrected chi connectivity index (χ3v) is 5.37. The fourth-order valence-electron chi connectivity index (χ4n) is 3.58. The molecule has 0 spiro atoms. The second-order valence-corrected chi connectivity index (χ2v) is 7.45. The predicted molar refractivity (Wildman–Crippen MR) is 122 cm³/mol. The summed E-state index contributed by atoms with van der Waals surface area (Å²) in [6.07, 6.45) is 3.35. The number of pyridine rings is 1. The Balaban J connectivity index is 1.40. The van der Waals surface area contributed by atoms with Gasteiger partial charge < -0.3 is 14.4 Å².